The van der Waals surface area contributed by atoms with E-state index in [1.165, 1.54) is 97.6 Å². The Morgan fingerprint density at radius 2 is 1.13 bits per heavy atom. The molecule has 1 aliphatic carbocycles. The molecule has 62 heavy (non-hydrogen) atoms. The molecule has 7 aromatic carbocycles. The number of fused-ring (bicyclic) bond motifs is 7. The van der Waals surface area contributed by atoms with Gasteiger partial charge in [-0.05, 0) is 135 Å². The molecule has 3 nitrogen and oxygen atoms in total. The van der Waals surface area contributed by atoms with Crippen molar-refractivity contribution in [1.82, 2.24) is 0 Å². The maximum atomic E-state index is 2.87. The highest BCUT2D eigenvalue weighted by molar-refractivity contribution is 7.00. The number of hydrogen-bond donors (Lipinski definition) is 0. The van der Waals surface area contributed by atoms with Gasteiger partial charge in [-0.1, -0.05) is 158 Å². The van der Waals surface area contributed by atoms with Crippen molar-refractivity contribution >= 4 is 68.6 Å². The first kappa shape index (κ1) is 38.9. The van der Waals surface area contributed by atoms with Crippen LogP contribution in [-0.4, -0.2) is 12.3 Å². The molecule has 0 bridgehead atoms. The van der Waals surface area contributed by atoms with Gasteiger partial charge in [0.2, 0.25) is 0 Å². The fourth-order valence-electron chi connectivity index (χ4n) is 11.7. The van der Waals surface area contributed by atoms with E-state index in [1.807, 2.05) is 0 Å². The molecule has 7 aromatic rings. The number of rotatable bonds is 5. The lowest BCUT2D eigenvalue weighted by Crippen LogP contribution is -2.64. The second-order valence-electron chi connectivity index (χ2n) is 21.0. The van der Waals surface area contributed by atoms with Crippen molar-refractivity contribution in [3.05, 3.63) is 174 Å². The van der Waals surface area contributed by atoms with E-state index in [1.54, 1.807) is 0 Å². The van der Waals surface area contributed by atoms with Crippen LogP contribution in [-0.2, 0) is 16.2 Å². The second-order valence-corrected chi connectivity index (χ2v) is 21.0. The summed E-state index contributed by atoms with van der Waals surface area (Å²) in [6, 6.07) is 60.1. The van der Waals surface area contributed by atoms with Crippen molar-refractivity contribution < 1.29 is 0 Å². The standard InChI is InChI=1S/C58H58BN3/c1-55(2,3)41-23-20-28-45(35-41)61-50-36-42(56(4,5)6)29-30-48(50)59-49-34-40(39-21-12-9-13-22-39)33-47-54(49)62(58(8)32-19-18-31-57(47,58)7)52-38-46(37-51(61)53(52)59)60(43-24-14-10-15-25-43)44-26-16-11-17-27-44/h9-17,20-30,33-38H,18-19,31-32H2,1-8H3. The minimum Gasteiger partial charge on any atom is -0.335 e. The molecule has 2 atom stereocenters. The number of hydrogen-bond acceptors (Lipinski definition) is 3. The van der Waals surface area contributed by atoms with E-state index in [0.717, 1.165) is 17.8 Å². The maximum absolute atomic E-state index is 2.87. The van der Waals surface area contributed by atoms with Crippen LogP contribution >= 0.6 is 0 Å². The molecule has 0 saturated heterocycles. The van der Waals surface area contributed by atoms with E-state index in [0.29, 0.717) is 0 Å². The molecule has 2 unspecified atom stereocenters. The van der Waals surface area contributed by atoms with Gasteiger partial charge in [-0.25, -0.2) is 0 Å². The van der Waals surface area contributed by atoms with E-state index in [4.69, 9.17) is 0 Å². The Balaban J connectivity index is 1.30. The molecule has 0 N–H and O–H groups in total. The largest absolute Gasteiger partial charge is 0.335 e. The Morgan fingerprint density at radius 3 is 1.79 bits per heavy atom. The molecule has 4 heteroatoms. The van der Waals surface area contributed by atoms with Crippen molar-refractivity contribution in [3.63, 3.8) is 0 Å². The Kier molecular flexibility index (Phi) is 8.63. The summed E-state index contributed by atoms with van der Waals surface area (Å²) in [4.78, 5) is 7.99. The van der Waals surface area contributed by atoms with Crippen LogP contribution in [0.1, 0.15) is 97.8 Å². The van der Waals surface area contributed by atoms with E-state index in [2.05, 4.69) is 228 Å². The number of anilines is 8. The van der Waals surface area contributed by atoms with Crippen molar-refractivity contribution in [2.45, 2.75) is 103 Å². The summed E-state index contributed by atoms with van der Waals surface area (Å²) in [6.07, 6.45) is 4.80. The normalized spacial score (nSPS) is 19.7. The van der Waals surface area contributed by atoms with Crippen LogP contribution in [0.4, 0.5) is 45.5 Å². The summed E-state index contributed by atoms with van der Waals surface area (Å²) in [5.74, 6) is 0. The number of benzene rings is 7. The third-order valence-electron chi connectivity index (χ3n) is 15.2. The third kappa shape index (κ3) is 5.71. The lowest BCUT2D eigenvalue weighted by molar-refractivity contribution is 0.195. The lowest BCUT2D eigenvalue weighted by atomic mass is 9.33. The molecule has 0 aromatic heterocycles. The summed E-state index contributed by atoms with van der Waals surface area (Å²) in [5, 5.41) is 0. The Labute approximate surface area is 370 Å². The fourth-order valence-corrected chi connectivity index (χ4v) is 11.7. The molecule has 3 aliphatic heterocycles. The van der Waals surface area contributed by atoms with Crippen molar-refractivity contribution in [1.29, 1.82) is 0 Å². The van der Waals surface area contributed by atoms with Gasteiger partial charge < -0.3 is 14.7 Å². The molecular weight excluding hydrogens is 749 g/mol. The quantitative estimate of drug-likeness (QED) is 0.160. The molecule has 308 valence electrons. The third-order valence-corrected chi connectivity index (χ3v) is 15.2. The summed E-state index contributed by atoms with van der Waals surface area (Å²) >= 11 is 0. The fraction of sp³-hybridized carbons (Fsp3) is 0.276. The van der Waals surface area contributed by atoms with E-state index in [9.17, 15) is 0 Å². The summed E-state index contributed by atoms with van der Waals surface area (Å²) < 4.78 is 0. The molecule has 0 spiro atoms. The lowest BCUT2D eigenvalue weighted by Gasteiger charge is -2.53. The van der Waals surface area contributed by atoms with Crippen LogP contribution in [0.3, 0.4) is 0 Å². The Morgan fingerprint density at radius 1 is 0.516 bits per heavy atom. The average Bonchev–Trinajstić information content (AvgIpc) is 3.48. The zero-order valence-electron chi connectivity index (χ0n) is 37.8. The summed E-state index contributed by atoms with van der Waals surface area (Å²) in [6.45, 7) is 19.3. The Hall–Kier alpha value is -6.00. The first-order chi connectivity index (χ1) is 29.8. The van der Waals surface area contributed by atoms with Gasteiger partial charge in [0, 0.05) is 45.2 Å². The van der Waals surface area contributed by atoms with E-state index >= 15 is 0 Å². The monoisotopic (exact) mass is 807 g/mol. The topological polar surface area (TPSA) is 9.72 Å². The zero-order valence-corrected chi connectivity index (χ0v) is 37.8. The zero-order chi connectivity index (χ0) is 42.8. The average molecular weight is 808 g/mol. The van der Waals surface area contributed by atoms with Gasteiger partial charge in [0.05, 0.1) is 11.2 Å². The predicted molar refractivity (Wildman–Crippen MR) is 266 cm³/mol. The molecule has 4 aliphatic rings. The highest BCUT2D eigenvalue weighted by atomic mass is 15.3. The smallest absolute Gasteiger partial charge is 0.252 e. The van der Waals surface area contributed by atoms with Gasteiger partial charge in [0.25, 0.3) is 6.71 Å². The second kappa shape index (κ2) is 13.8. The summed E-state index contributed by atoms with van der Waals surface area (Å²) in [7, 11) is 0. The molecule has 1 saturated carbocycles. The highest BCUT2D eigenvalue weighted by Crippen LogP contribution is 2.63. The maximum Gasteiger partial charge on any atom is 0.252 e. The van der Waals surface area contributed by atoms with Crippen LogP contribution in [0.15, 0.2) is 158 Å². The molecule has 0 amide bonds. The van der Waals surface area contributed by atoms with E-state index in [-0.39, 0.29) is 28.5 Å². The minimum absolute atomic E-state index is 0.0120. The van der Waals surface area contributed by atoms with Gasteiger partial charge in [-0.2, -0.15) is 0 Å². The van der Waals surface area contributed by atoms with Gasteiger partial charge >= 0.3 is 0 Å². The first-order valence-electron chi connectivity index (χ1n) is 22.9. The molecule has 11 rings (SSSR count). The number of nitrogens with zero attached hydrogens (tertiary/aromatic N) is 3. The van der Waals surface area contributed by atoms with Crippen LogP contribution in [0.25, 0.3) is 11.1 Å². The SMILES string of the molecule is CC(C)(C)c1cccc(N2c3cc(C(C)(C)C)ccc3B3c4cc(-c5ccccc5)cc5c4N(c4cc(N(c6ccccc6)c6ccccc6)cc2c43)C2(C)CCCCC52C)c1. The van der Waals surface area contributed by atoms with Crippen molar-refractivity contribution in [2.75, 3.05) is 14.7 Å². The number of para-hydroxylation sites is 2. The van der Waals surface area contributed by atoms with Gasteiger partial charge in [-0.15, -0.1) is 0 Å². The first-order valence-corrected chi connectivity index (χ1v) is 22.9. The van der Waals surface area contributed by atoms with Crippen LogP contribution in [0.2, 0.25) is 0 Å². The molecule has 3 heterocycles. The Bertz CT molecular complexity index is 2830. The van der Waals surface area contributed by atoms with Gasteiger partial charge in [0.15, 0.2) is 0 Å². The molecule has 0 radical (unpaired) electrons. The van der Waals surface area contributed by atoms with Gasteiger partial charge in [0.1, 0.15) is 0 Å². The van der Waals surface area contributed by atoms with Crippen LogP contribution < -0.4 is 31.1 Å². The van der Waals surface area contributed by atoms with E-state index < -0.39 is 0 Å². The van der Waals surface area contributed by atoms with Crippen LogP contribution in [0.5, 0.6) is 0 Å². The molecular formula is C58H58BN3. The summed E-state index contributed by atoms with van der Waals surface area (Å²) in [5.41, 5.74) is 20.8. The van der Waals surface area contributed by atoms with Crippen LogP contribution in [0, 0.1) is 0 Å². The predicted octanol–water partition coefficient (Wildman–Crippen LogP) is 13.8. The van der Waals surface area contributed by atoms with Crippen molar-refractivity contribution in [2.24, 2.45) is 0 Å². The minimum atomic E-state index is -0.118. The van der Waals surface area contributed by atoms with Gasteiger partial charge in [-0.3, -0.25) is 0 Å². The molecule has 1 fully saturated rings. The van der Waals surface area contributed by atoms with Crippen molar-refractivity contribution in [3.8, 4) is 11.1 Å². The highest BCUT2D eigenvalue weighted by Gasteiger charge is 2.61.